The second-order valence-electron chi connectivity index (χ2n) is 4.34. The van der Waals surface area contributed by atoms with Gasteiger partial charge in [-0.15, -0.1) is 6.58 Å². The highest BCUT2D eigenvalue weighted by molar-refractivity contribution is 4.69. The molecule has 0 aromatic carbocycles. The molecular weight excluding hydrogens is 168 g/mol. The Morgan fingerprint density at radius 1 is 1.00 bits per heavy atom. The Balaban J connectivity index is 3.28. The highest BCUT2D eigenvalue weighted by Gasteiger charge is 2.04. The molecule has 0 aliphatic carbocycles. The van der Waals surface area contributed by atoms with Crippen molar-refractivity contribution in [3.8, 4) is 0 Å². The molecule has 0 aliphatic heterocycles. The summed E-state index contributed by atoms with van der Waals surface area (Å²) in [4.78, 5) is 0. The van der Waals surface area contributed by atoms with Crippen LogP contribution in [0.2, 0.25) is 0 Å². The maximum absolute atomic E-state index is 3.79. The lowest BCUT2D eigenvalue weighted by atomic mass is 9.93. The van der Waals surface area contributed by atoms with Crippen molar-refractivity contribution in [3.63, 3.8) is 0 Å². The first kappa shape index (κ1) is 13.7. The van der Waals surface area contributed by atoms with Gasteiger partial charge in [0.05, 0.1) is 0 Å². The standard InChI is InChI=1S/C14H28/c1-4-7-9-10-11-13-14(6-3)12-8-5-2/h5,14H,2,4,6-13H2,1,3H3. The van der Waals surface area contributed by atoms with Crippen LogP contribution in [0.5, 0.6) is 0 Å². The number of allylic oxidation sites excluding steroid dienone is 1. The molecule has 84 valence electrons. The van der Waals surface area contributed by atoms with Gasteiger partial charge < -0.3 is 0 Å². The Morgan fingerprint density at radius 2 is 1.71 bits per heavy atom. The van der Waals surface area contributed by atoms with E-state index in [1.807, 2.05) is 0 Å². The Labute approximate surface area is 90.8 Å². The van der Waals surface area contributed by atoms with Crippen molar-refractivity contribution in [3.05, 3.63) is 12.7 Å². The number of rotatable bonds is 10. The molecule has 0 rings (SSSR count). The van der Waals surface area contributed by atoms with Crippen LogP contribution >= 0.6 is 0 Å². The fraction of sp³-hybridized carbons (Fsp3) is 0.857. The van der Waals surface area contributed by atoms with Crippen molar-refractivity contribution in [1.82, 2.24) is 0 Å². The fourth-order valence-electron chi connectivity index (χ4n) is 1.94. The Hall–Kier alpha value is -0.260. The summed E-state index contributed by atoms with van der Waals surface area (Å²) in [6.07, 6.45) is 14.5. The van der Waals surface area contributed by atoms with Crippen molar-refractivity contribution in [1.29, 1.82) is 0 Å². The molecule has 0 N–H and O–H groups in total. The minimum absolute atomic E-state index is 0.953. The average Bonchev–Trinajstić information content (AvgIpc) is 2.22. The maximum atomic E-state index is 3.79. The lowest BCUT2D eigenvalue weighted by Gasteiger charge is -2.13. The monoisotopic (exact) mass is 196 g/mol. The topological polar surface area (TPSA) is 0 Å². The molecule has 0 amide bonds. The smallest absolute Gasteiger partial charge is 0.0351 e. The van der Waals surface area contributed by atoms with Gasteiger partial charge in [0, 0.05) is 0 Å². The molecule has 1 atom stereocenters. The maximum Gasteiger partial charge on any atom is -0.0351 e. The van der Waals surface area contributed by atoms with Crippen molar-refractivity contribution in [2.24, 2.45) is 5.92 Å². The molecule has 0 heterocycles. The zero-order valence-electron chi connectivity index (χ0n) is 10.2. The van der Waals surface area contributed by atoms with Gasteiger partial charge in [0.1, 0.15) is 0 Å². The minimum Gasteiger partial charge on any atom is -0.103 e. The first-order valence-electron chi connectivity index (χ1n) is 6.46. The van der Waals surface area contributed by atoms with Gasteiger partial charge in [-0.3, -0.25) is 0 Å². The van der Waals surface area contributed by atoms with Crippen LogP contribution in [0.15, 0.2) is 12.7 Å². The molecule has 1 unspecified atom stereocenters. The van der Waals surface area contributed by atoms with E-state index >= 15 is 0 Å². The van der Waals surface area contributed by atoms with Gasteiger partial charge in [0.2, 0.25) is 0 Å². The Kier molecular flexibility index (Phi) is 10.6. The molecule has 0 spiro atoms. The summed E-state index contributed by atoms with van der Waals surface area (Å²) in [6.45, 7) is 8.38. The van der Waals surface area contributed by atoms with Crippen LogP contribution in [0, 0.1) is 5.92 Å². The normalized spacial score (nSPS) is 12.7. The van der Waals surface area contributed by atoms with Gasteiger partial charge >= 0.3 is 0 Å². The molecular formula is C14H28. The van der Waals surface area contributed by atoms with Crippen LogP contribution in [0.25, 0.3) is 0 Å². The average molecular weight is 196 g/mol. The Morgan fingerprint density at radius 3 is 2.29 bits per heavy atom. The van der Waals surface area contributed by atoms with Crippen LogP contribution < -0.4 is 0 Å². The first-order valence-corrected chi connectivity index (χ1v) is 6.46. The molecule has 0 nitrogen and oxygen atoms in total. The van der Waals surface area contributed by atoms with Crippen molar-refractivity contribution >= 4 is 0 Å². The van der Waals surface area contributed by atoms with Crippen LogP contribution in [0.1, 0.15) is 71.6 Å². The fourth-order valence-corrected chi connectivity index (χ4v) is 1.94. The zero-order valence-corrected chi connectivity index (χ0v) is 10.2. The molecule has 0 aliphatic rings. The van der Waals surface area contributed by atoms with Crippen LogP contribution in [-0.4, -0.2) is 0 Å². The highest BCUT2D eigenvalue weighted by Crippen LogP contribution is 2.19. The molecule has 0 saturated carbocycles. The summed E-state index contributed by atoms with van der Waals surface area (Å²) in [7, 11) is 0. The lowest BCUT2D eigenvalue weighted by molar-refractivity contribution is 0.415. The zero-order chi connectivity index (χ0) is 10.6. The van der Waals surface area contributed by atoms with Crippen molar-refractivity contribution < 1.29 is 0 Å². The van der Waals surface area contributed by atoms with E-state index in [0.717, 1.165) is 5.92 Å². The van der Waals surface area contributed by atoms with E-state index in [-0.39, 0.29) is 0 Å². The van der Waals surface area contributed by atoms with E-state index in [1.54, 1.807) is 0 Å². The number of hydrogen-bond donors (Lipinski definition) is 0. The number of unbranched alkanes of at least 4 members (excludes halogenated alkanes) is 4. The summed E-state index contributed by atoms with van der Waals surface area (Å²) in [5, 5.41) is 0. The van der Waals surface area contributed by atoms with E-state index in [2.05, 4.69) is 26.5 Å². The van der Waals surface area contributed by atoms with Crippen LogP contribution in [0.3, 0.4) is 0 Å². The van der Waals surface area contributed by atoms with Gasteiger partial charge in [-0.1, -0.05) is 64.9 Å². The van der Waals surface area contributed by atoms with E-state index in [0.29, 0.717) is 0 Å². The predicted molar refractivity (Wildman–Crippen MR) is 66.6 cm³/mol. The molecule has 0 fully saturated rings. The van der Waals surface area contributed by atoms with Gasteiger partial charge in [0.15, 0.2) is 0 Å². The SMILES string of the molecule is C=CCCC(CC)CCCCCCC. The van der Waals surface area contributed by atoms with Gasteiger partial charge in [-0.25, -0.2) is 0 Å². The predicted octanol–water partition coefficient (Wildman–Crippen LogP) is 5.34. The summed E-state index contributed by atoms with van der Waals surface area (Å²) >= 11 is 0. The summed E-state index contributed by atoms with van der Waals surface area (Å²) in [5.74, 6) is 0.953. The van der Waals surface area contributed by atoms with Crippen LogP contribution in [-0.2, 0) is 0 Å². The molecule has 0 aromatic heterocycles. The second-order valence-corrected chi connectivity index (χ2v) is 4.34. The van der Waals surface area contributed by atoms with E-state index in [1.165, 1.54) is 57.8 Å². The molecule has 0 radical (unpaired) electrons. The second kappa shape index (κ2) is 10.8. The first-order chi connectivity index (χ1) is 6.85. The van der Waals surface area contributed by atoms with Gasteiger partial charge in [0.25, 0.3) is 0 Å². The van der Waals surface area contributed by atoms with E-state index in [9.17, 15) is 0 Å². The summed E-state index contributed by atoms with van der Waals surface area (Å²) in [5.41, 5.74) is 0. The van der Waals surface area contributed by atoms with Crippen molar-refractivity contribution in [2.45, 2.75) is 71.6 Å². The summed E-state index contributed by atoms with van der Waals surface area (Å²) < 4.78 is 0. The minimum atomic E-state index is 0.953. The largest absolute Gasteiger partial charge is 0.103 e. The van der Waals surface area contributed by atoms with E-state index in [4.69, 9.17) is 0 Å². The molecule has 0 heteroatoms. The highest BCUT2D eigenvalue weighted by atomic mass is 14.1. The summed E-state index contributed by atoms with van der Waals surface area (Å²) in [6, 6.07) is 0. The number of hydrogen-bond acceptors (Lipinski definition) is 0. The molecule has 0 bridgehead atoms. The molecule has 14 heavy (non-hydrogen) atoms. The van der Waals surface area contributed by atoms with E-state index < -0.39 is 0 Å². The third-order valence-electron chi connectivity index (χ3n) is 3.07. The molecule has 0 aromatic rings. The van der Waals surface area contributed by atoms with Gasteiger partial charge in [-0.2, -0.15) is 0 Å². The Bertz CT molecular complexity index is 115. The lowest BCUT2D eigenvalue weighted by Crippen LogP contribution is -1.98. The quantitative estimate of drug-likeness (QED) is 0.327. The van der Waals surface area contributed by atoms with Gasteiger partial charge in [-0.05, 0) is 18.8 Å². The van der Waals surface area contributed by atoms with Crippen LogP contribution in [0.4, 0.5) is 0 Å². The van der Waals surface area contributed by atoms with Crippen molar-refractivity contribution in [2.75, 3.05) is 0 Å². The molecule has 0 saturated heterocycles. The third kappa shape index (κ3) is 8.34. The third-order valence-corrected chi connectivity index (χ3v) is 3.07.